The van der Waals surface area contributed by atoms with Gasteiger partial charge in [0.2, 0.25) is 11.8 Å². The van der Waals surface area contributed by atoms with Gasteiger partial charge >= 0.3 is 0 Å². The van der Waals surface area contributed by atoms with Crippen LogP contribution in [0.5, 0.6) is 5.75 Å². The standard InChI is InChI=1S/C22H34N4O3/c1-3-10-25-11-7-18(8-12-25)24-21(27)15-20-22(28)23-9-13-26(20)16-17-5-4-6-19(14-17)29-2/h4-6,14,18,20H,3,7-13,15-16H2,1-2H3,(H,23,28)(H,24,27)/t20-/m1/s1. The van der Waals surface area contributed by atoms with Gasteiger partial charge in [-0.05, 0) is 43.5 Å². The molecular weight excluding hydrogens is 368 g/mol. The van der Waals surface area contributed by atoms with Crippen LogP contribution in [0.1, 0.15) is 38.2 Å². The van der Waals surface area contributed by atoms with Crippen LogP contribution >= 0.6 is 0 Å². The molecule has 2 amide bonds. The van der Waals surface area contributed by atoms with E-state index in [4.69, 9.17) is 4.74 Å². The fourth-order valence-electron chi connectivity index (χ4n) is 4.26. The maximum Gasteiger partial charge on any atom is 0.237 e. The summed E-state index contributed by atoms with van der Waals surface area (Å²) in [5, 5.41) is 6.07. The molecule has 1 atom stereocenters. The molecule has 7 heteroatoms. The van der Waals surface area contributed by atoms with Crippen molar-refractivity contribution in [3.05, 3.63) is 29.8 Å². The molecule has 3 rings (SSSR count). The average molecular weight is 403 g/mol. The number of carbonyl (C=O) groups is 2. The molecule has 29 heavy (non-hydrogen) atoms. The highest BCUT2D eigenvalue weighted by Gasteiger charge is 2.32. The number of piperidine rings is 1. The van der Waals surface area contributed by atoms with E-state index in [9.17, 15) is 9.59 Å². The SMILES string of the molecule is CCCN1CCC(NC(=O)C[C@@H]2C(=O)NCCN2Cc2cccc(OC)c2)CC1. The van der Waals surface area contributed by atoms with Crippen molar-refractivity contribution in [3.8, 4) is 5.75 Å². The minimum atomic E-state index is -0.435. The first kappa shape index (κ1) is 21.6. The van der Waals surface area contributed by atoms with E-state index in [0.29, 0.717) is 13.1 Å². The van der Waals surface area contributed by atoms with Crippen molar-refractivity contribution in [1.29, 1.82) is 0 Å². The Kier molecular flexibility index (Phi) is 7.89. The van der Waals surface area contributed by atoms with Gasteiger partial charge in [0, 0.05) is 38.8 Å². The molecule has 2 saturated heterocycles. The number of methoxy groups -OCH3 is 1. The fourth-order valence-corrected chi connectivity index (χ4v) is 4.26. The Balaban J connectivity index is 1.55. The van der Waals surface area contributed by atoms with Gasteiger partial charge in [0.25, 0.3) is 0 Å². The summed E-state index contributed by atoms with van der Waals surface area (Å²) in [5.41, 5.74) is 1.08. The first-order valence-electron chi connectivity index (χ1n) is 10.8. The predicted octanol–water partition coefficient (Wildman–Crippen LogP) is 1.38. The van der Waals surface area contributed by atoms with Crippen LogP contribution in [0.2, 0.25) is 0 Å². The van der Waals surface area contributed by atoms with E-state index < -0.39 is 6.04 Å². The molecular formula is C22H34N4O3. The molecule has 2 aliphatic heterocycles. The largest absolute Gasteiger partial charge is 0.497 e. The van der Waals surface area contributed by atoms with E-state index in [0.717, 1.165) is 56.8 Å². The lowest BCUT2D eigenvalue weighted by Crippen LogP contribution is -2.56. The van der Waals surface area contributed by atoms with Crippen molar-refractivity contribution in [2.24, 2.45) is 0 Å². The molecule has 0 spiro atoms. The van der Waals surface area contributed by atoms with E-state index in [1.165, 1.54) is 0 Å². The molecule has 0 unspecified atom stereocenters. The summed E-state index contributed by atoms with van der Waals surface area (Å²) in [6.07, 6.45) is 3.33. The van der Waals surface area contributed by atoms with E-state index in [-0.39, 0.29) is 24.3 Å². The molecule has 1 aromatic carbocycles. The Morgan fingerprint density at radius 2 is 2.07 bits per heavy atom. The maximum absolute atomic E-state index is 12.7. The van der Waals surface area contributed by atoms with Crippen molar-refractivity contribution in [2.75, 3.05) is 39.8 Å². The van der Waals surface area contributed by atoms with Crippen molar-refractivity contribution in [2.45, 2.75) is 51.2 Å². The predicted molar refractivity (Wildman–Crippen MR) is 113 cm³/mol. The third-order valence-corrected chi connectivity index (χ3v) is 5.83. The number of piperazine rings is 1. The molecule has 0 aliphatic carbocycles. The van der Waals surface area contributed by atoms with E-state index in [2.05, 4.69) is 27.4 Å². The van der Waals surface area contributed by atoms with Gasteiger partial charge in [0.15, 0.2) is 0 Å². The van der Waals surface area contributed by atoms with Crippen molar-refractivity contribution in [3.63, 3.8) is 0 Å². The van der Waals surface area contributed by atoms with E-state index in [1.807, 2.05) is 24.3 Å². The smallest absolute Gasteiger partial charge is 0.237 e. The summed E-state index contributed by atoms with van der Waals surface area (Å²) in [6.45, 7) is 7.35. The summed E-state index contributed by atoms with van der Waals surface area (Å²) < 4.78 is 5.30. The number of nitrogens with zero attached hydrogens (tertiary/aromatic N) is 2. The number of hydrogen-bond acceptors (Lipinski definition) is 5. The van der Waals surface area contributed by atoms with Crippen LogP contribution in [0.15, 0.2) is 24.3 Å². The van der Waals surface area contributed by atoms with Crippen LogP contribution in [0.4, 0.5) is 0 Å². The Labute approximate surface area is 173 Å². The Morgan fingerprint density at radius 1 is 1.28 bits per heavy atom. The third kappa shape index (κ3) is 6.18. The van der Waals surface area contributed by atoms with Gasteiger partial charge in [-0.15, -0.1) is 0 Å². The average Bonchev–Trinajstić information content (AvgIpc) is 2.72. The number of hydrogen-bond donors (Lipinski definition) is 2. The van der Waals surface area contributed by atoms with Crippen LogP contribution in [0.3, 0.4) is 0 Å². The minimum Gasteiger partial charge on any atom is -0.497 e. The van der Waals surface area contributed by atoms with E-state index in [1.54, 1.807) is 7.11 Å². The quantitative estimate of drug-likeness (QED) is 0.687. The zero-order valence-corrected chi connectivity index (χ0v) is 17.7. The topological polar surface area (TPSA) is 73.9 Å². The first-order chi connectivity index (χ1) is 14.1. The molecule has 160 valence electrons. The lowest BCUT2D eigenvalue weighted by Gasteiger charge is -2.36. The molecule has 2 aliphatic rings. The summed E-state index contributed by atoms with van der Waals surface area (Å²) in [7, 11) is 1.65. The summed E-state index contributed by atoms with van der Waals surface area (Å²) >= 11 is 0. The Bertz CT molecular complexity index is 688. The highest BCUT2D eigenvalue weighted by Crippen LogP contribution is 2.18. The van der Waals surface area contributed by atoms with Crippen LogP contribution in [0, 0.1) is 0 Å². The van der Waals surface area contributed by atoms with Crippen LogP contribution in [0.25, 0.3) is 0 Å². The molecule has 2 fully saturated rings. The molecule has 0 saturated carbocycles. The Morgan fingerprint density at radius 3 is 2.79 bits per heavy atom. The molecule has 7 nitrogen and oxygen atoms in total. The third-order valence-electron chi connectivity index (χ3n) is 5.83. The van der Waals surface area contributed by atoms with Crippen LogP contribution in [-0.4, -0.2) is 73.5 Å². The highest BCUT2D eigenvalue weighted by atomic mass is 16.5. The molecule has 2 heterocycles. The second kappa shape index (κ2) is 10.6. The second-order valence-electron chi connectivity index (χ2n) is 8.02. The normalized spacial score (nSPS) is 21.6. The zero-order valence-electron chi connectivity index (χ0n) is 17.7. The van der Waals surface area contributed by atoms with E-state index >= 15 is 0 Å². The number of carbonyl (C=O) groups excluding carboxylic acids is 2. The number of rotatable bonds is 8. The van der Waals surface area contributed by atoms with Crippen molar-refractivity contribution in [1.82, 2.24) is 20.4 Å². The first-order valence-corrected chi connectivity index (χ1v) is 10.8. The number of likely N-dealkylation sites (tertiary alicyclic amines) is 1. The van der Waals surface area contributed by atoms with Gasteiger partial charge in [0.05, 0.1) is 19.6 Å². The van der Waals surface area contributed by atoms with Crippen LogP contribution in [-0.2, 0) is 16.1 Å². The number of nitrogens with one attached hydrogen (secondary N) is 2. The molecule has 0 radical (unpaired) electrons. The van der Waals surface area contributed by atoms with Crippen molar-refractivity contribution >= 4 is 11.8 Å². The van der Waals surface area contributed by atoms with Gasteiger partial charge in [-0.3, -0.25) is 14.5 Å². The Hall–Kier alpha value is -2.12. The monoisotopic (exact) mass is 402 g/mol. The van der Waals surface area contributed by atoms with Gasteiger partial charge in [-0.25, -0.2) is 0 Å². The van der Waals surface area contributed by atoms with Gasteiger partial charge in [-0.2, -0.15) is 0 Å². The maximum atomic E-state index is 12.7. The lowest BCUT2D eigenvalue weighted by molar-refractivity contribution is -0.134. The molecule has 1 aromatic rings. The zero-order chi connectivity index (χ0) is 20.6. The summed E-state index contributed by atoms with van der Waals surface area (Å²) in [6, 6.07) is 7.64. The van der Waals surface area contributed by atoms with Gasteiger partial charge in [-0.1, -0.05) is 19.1 Å². The van der Waals surface area contributed by atoms with Gasteiger partial charge < -0.3 is 20.3 Å². The van der Waals surface area contributed by atoms with Gasteiger partial charge in [0.1, 0.15) is 5.75 Å². The molecule has 0 bridgehead atoms. The van der Waals surface area contributed by atoms with Crippen LogP contribution < -0.4 is 15.4 Å². The molecule has 2 N–H and O–H groups in total. The molecule has 0 aromatic heterocycles. The summed E-state index contributed by atoms with van der Waals surface area (Å²) in [5.74, 6) is 0.705. The number of amides is 2. The highest BCUT2D eigenvalue weighted by molar-refractivity contribution is 5.88. The number of ether oxygens (including phenoxy) is 1. The fraction of sp³-hybridized carbons (Fsp3) is 0.636. The second-order valence-corrected chi connectivity index (χ2v) is 8.02. The number of benzene rings is 1. The minimum absolute atomic E-state index is 0.0309. The van der Waals surface area contributed by atoms with Crippen molar-refractivity contribution < 1.29 is 14.3 Å². The summed E-state index contributed by atoms with van der Waals surface area (Å²) in [4.78, 5) is 29.7. The lowest BCUT2D eigenvalue weighted by atomic mass is 10.0.